The van der Waals surface area contributed by atoms with E-state index in [0.717, 1.165) is 5.57 Å². The second kappa shape index (κ2) is 13.2. The number of phenols is 1. The average Bonchev–Trinajstić information content (AvgIpc) is 2.89. The van der Waals surface area contributed by atoms with Crippen LogP contribution in [0, 0.1) is 5.92 Å². The first-order valence-electron chi connectivity index (χ1n) is 13.4. The van der Waals surface area contributed by atoms with Crippen LogP contribution in [0.5, 0.6) is 5.75 Å². The predicted molar refractivity (Wildman–Crippen MR) is 158 cm³/mol. The zero-order valence-electron chi connectivity index (χ0n) is 23.3. The molecule has 202 valence electrons. The molecule has 38 heavy (non-hydrogen) atoms. The van der Waals surface area contributed by atoms with Gasteiger partial charge in [0.1, 0.15) is 5.75 Å². The lowest BCUT2D eigenvalue weighted by Gasteiger charge is -2.43. The van der Waals surface area contributed by atoms with Gasteiger partial charge in [0, 0.05) is 12.8 Å². The van der Waals surface area contributed by atoms with Crippen molar-refractivity contribution in [3.63, 3.8) is 0 Å². The van der Waals surface area contributed by atoms with E-state index in [4.69, 9.17) is 4.43 Å². The van der Waals surface area contributed by atoms with E-state index in [1.165, 1.54) is 10.4 Å². The molecule has 0 aliphatic carbocycles. The van der Waals surface area contributed by atoms with Gasteiger partial charge < -0.3 is 19.7 Å². The second-order valence-electron chi connectivity index (χ2n) is 11.3. The maximum Gasteiger partial charge on any atom is 0.261 e. The van der Waals surface area contributed by atoms with Crippen LogP contribution >= 0.6 is 0 Å². The first kappa shape index (κ1) is 29.6. The number of rotatable bonds is 11. The Morgan fingerprint density at radius 1 is 0.895 bits per heavy atom. The molecule has 0 heterocycles. The number of phenolic OH excluding ortho intramolecular Hbond substituents is 1. The highest BCUT2D eigenvalue weighted by atomic mass is 28.4. The van der Waals surface area contributed by atoms with Gasteiger partial charge in [0.05, 0.1) is 18.8 Å². The normalized spacial score (nSPS) is 13.6. The summed E-state index contributed by atoms with van der Waals surface area (Å²) in [7, 11) is -2.74. The molecule has 4 nitrogen and oxygen atoms in total. The minimum Gasteiger partial charge on any atom is -0.508 e. The van der Waals surface area contributed by atoms with Gasteiger partial charge in [-0.2, -0.15) is 0 Å². The Balaban J connectivity index is 1.98. The Morgan fingerprint density at radius 3 is 1.97 bits per heavy atom. The van der Waals surface area contributed by atoms with E-state index in [0.29, 0.717) is 25.0 Å². The topological polar surface area (TPSA) is 69.9 Å². The fourth-order valence-corrected chi connectivity index (χ4v) is 9.33. The van der Waals surface area contributed by atoms with Crippen LogP contribution in [0.1, 0.15) is 59.1 Å². The van der Waals surface area contributed by atoms with Crippen LogP contribution in [-0.4, -0.2) is 36.3 Å². The number of benzene rings is 3. The molecule has 2 atom stereocenters. The maximum atomic E-state index is 10.7. The first-order chi connectivity index (χ1) is 18.0. The molecule has 0 aliphatic heterocycles. The van der Waals surface area contributed by atoms with E-state index in [9.17, 15) is 15.3 Å². The number of hydrogen-bond donors (Lipinski definition) is 3. The quantitative estimate of drug-likeness (QED) is 0.214. The molecule has 0 spiro atoms. The van der Waals surface area contributed by atoms with E-state index in [-0.39, 0.29) is 16.7 Å². The molecule has 0 aliphatic rings. The van der Waals surface area contributed by atoms with Crippen molar-refractivity contribution in [3.8, 4) is 5.75 Å². The lowest BCUT2D eigenvalue weighted by atomic mass is 10.00. The summed E-state index contributed by atoms with van der Waals surface area (Å²) in [5.41, 5.74) is 4.87. The SMILES string of the molecule is CC(C)[C@H](O)CC(=C=CC[C@@H](O)c1cccc(O)c1)CO[Si](c1ccccc1)(c1ccccc1)C(C)(C)C. The molecule has 3 N–H and O–H groups in total. The molecule has 0 unspecified atom stereocenters. The van der Waals surface area contributed by atoms with Crippen molar-refractivity contribution in [3.05, 3.63) is 108 Å². The molecule has 3 aromatic carbocycles. The van der Waals surface area contributed by atoms with Crippen molar-refractivity contribution < 1.29 is 19.7 Å². The number of aliphatic hydroxyl groups is 2. The summed E-state index contributed by atoms with van der Waals surface area (Å²) in [6.07, 6.45) is 1.30. The smallest absolute Gasteiger partial charge is 0.261 e. The molecule has 0 fully saturated rings. The van der Waals surface area contributed by atoms with Crippen LogP contribution < -0.4 is 10.4 Å². The lowest BCUT2D eigenvalue weighted by Crippen LogP contribution is -2.66. The lowest BCUT2D eigenvalue weighted by molar-refractivity contribution is 0.122. The molecular formula is C33H42O4Si. The standard InChI is InChI=1S/C33H42O4Si/c1-25(2)32(36)22-26(14-12-21-31(35)27-15-13-16-28(34)23-27)24-37-38(33(3,4)5,29-17-8-6-9-18-29)30-19-10-7-11-20-30/h6-13,15-20,23,25,31-32,34-36H,21-22,24H2,1-5H3/t14?,31-,32-/m1/s1. The molecule has 0 amide bonds. The molecule has 3 rings (SSSR count). The largest absolute Gasteiger partial charge is 0.508 e. The van der Waals surface area contributed by atoms with Gasteiger partial charge in [0.15, 0.2) is 0 Å². The van der Waals surface area contributed by atoms with Gasteiger partial charge in [-0.25, -0.2) is 0 Å². The highest BCUT2D eigenvalue weighted by molar-refractivity contribution is 6.99. The van der Waals surface area contributed by atoms with Crippen molar-refractivity contribution in [1.29, 1.82) is 0 Å². The zero-order chi connectivity index (χ0) is 27.8. The van der Waals surface area contributed by atoms with Crippen LogP contribution in [-0.2, 0) is 4.43 Å². The molecule has 0 saturated carbocycles. The van der Waals surface area contributed by atoms with Crippen LogP contribution in [0.2, 0.25) is 5.04 Å². The maximum absolute atomic E-state index is 10.7. The minimum atomic E-state index is -2.74. The van der Waals surface area contributed by atoms with Gasteiger partial charge in [-0.15, -0.1) is 5.73 Å². The van der Waals surface area contributed by atoms with E-state index in [1.54, 1.807) is 24.3 Å². The predicted octanol–water partition coefficient (Wildman–Crippen LogP) is 5.88. The van der Waals surface area contributed by atoms with Crippen molar-refractivity contribution in [1.82, 2.24) is 0 Å². The van der Waals surface area contributed by atoms with Crippen molar-refractivity contribution >= 4 is 18.7 Å². The van der Waals surface area contributed by atoms with Gasteiger partial charge in [-0.05, 0) is 50.7 Å². The molecule has 5 heteroatoms. The summed E-state index contributed by atoms with van der Waals surface area (Å²) in [5.74, 6) is 0.220. The molecule has 3 aromatic rings. The number of aromatic hydroxyl groups is 1. The third kappa shape index (κ3) is 7.34. The van der Waals surface area contributed by atoms with Crippen molar-refractivity contribution in [2.45, 2.75) is 64.7 Å². The fourth-order valence-electron chi connectivity index (χ4n) is 4.79. The Kier molecular flexibility index (Phi) is 10.3. The first-order valence-corrected chi connectivity index (χ1v) is 15.3. The monoisotopic (exact) mass is 530 g/mol. The molecule has 0 aromatic heterocycles. The van der Waals surface area contributed by atoms with Crippen LogP contribution in [0.3, 0.4) is 0 Å². The number of aliphatic hydroxyl groups excluding tert-OH is 2. The highest BCUT2D eigenvalue weighted by Crippen LogP contribution is 2.37. The van der Waals surface area contributed by atoms with E-state index < -0.39 is 20.5 Å². The van der Waals surface area contributed by atoms with Gasteiger partial charge >= 0.3 is 0 Å². The Morgan fingerprint density at radius 2 is 1.47 bits per heavy atom. The summed E-state index contributed by atoms with van der Waals surface area (Å²) in [4.78, 5) is 0. The van der Waals surface area contributed by atoms with Crippen LogP contribution in [0.4, 0.5) is 0 Å². The van der Waals surface area contributed by atoms with Gasteiger partial charge in [-0.3, -0.25) is 0 Å². The summed E-state index contributed by atoms with van der Waals surface area (Å²) >= 11 is 0. The van der Waals surface area contributed by atoms with Crippen molar-refractivity contribution in [2.75, 3.05) is 6.61 Å². The van der Waals surface area contributed by atoms with Gasteiger partial charge in [-0.1, -0.05) is 107 Å². The zero-order valence-corrected chi connectivity index (χ0v) is 24.3. The Labute approximate surface area is 229 Å². The van der Waals surface area contributed by atoms with Crippen LogP contribution in [0.25, 0.3) is 0 Å². The summed E-state index contributed by atoms with van der Waals surface area (Å²) in [6, 6.07) is 27.6. The fraction of sp³-hybridized carbons (Fsp3) is 0.364. The Bertz CT molecular complexity index is 1170. The van der Waals surface area contributed by atoms with E-state index >= 15 is 0 Å². The van der Waals surface area contributed by atoms with E-state index in [2.05, 4.69) is 75.0 Å². The third-order valence-corrected chi connectivity index (χ3v) is 12.0. The average molecular weight is 531 g/mol. The second-order valence-corrected chi connectivity index (χ2v) is 15.6. The molecule has 0 radical (unpaired) electrons. The Hall–Kier alpha value is -2.92. The third-order valence-electron chi connectivity index (χ3n) is 7.01. The molecular weight excluding hydrogens is 488 g/mol. The summed E-state index contributed by atoms with van der Waals surface area (Å²) < 4.78 is 7.08. The van der Waals surface area contributed by atoms with Crippen molar-refractivity contribution in [2.24, 2.45) is 5.92 Å². The summed E-state index contributed by atoms with van der Waals surface area (Å²) in [5, 5.41) is 33.4. The van der Waals surface area contributed by atoms with E-state index in [1.807, 2.05) is 32.1 Å². The number of hydrogen-bond acceptors (Lipinski definition) is 4. The van der Waals surface area contributed by atoms with Gasteiger partial charge in [0.25, 0.3) is 8.32 Å². The summed E-state index contributed by atoms with van der Waals surface area (Å²) in [6.45, 7) is 11.1. The van der Waals surface area contributed by atoms with Gasteiger partial charge in [0.2, 0.25) is 0 Å². The molecule has 0 bridgehead atoms. The van der Waals surface area contributed by atoms with Crippen LogP contribution in [0.15, 0.2) is 102 Å². The molecule has 0 saturated heterocycles. The highest BCUT2D eigenvalue weighted by Gasteiger charge is 2.50. The minimum absolute atomic E-state index is 0.0950.